The second-order valence-corrected chi connectivity index (χ2v) is 10.2. The van der Waals surface area contributed by atoms with Crippen molar-refractivity contribution in [3.63, 3.8) is 0 Å². The van der Waals surface area contributed by atoms with E-state index in [1.165, 1.54) is 17.1 Å². The summed E-state index contributed by atoms with van der Waals surface area (Å²) in [5.74, 6) is 0.233. The molecular weight excluding hydrogens is 442 g/mol. The molecular formula is C23H25N5O4S. The molecule has 0 spiro atoms. The van der Waals surface area contributed by atoms with Gasteiger partial charge in [-0.3, -0.25) is 4.79 Å². The predicted octanol–water partition coefficient (Wildman–Crippen LogP) is 3.13. The van der Waals surface area contributed by atoms with Crippen LogP contribution >= 0.6 is 0 Å². The van der Waals surface area contributed by atoms with Crippen molar-refractivity contribution in [1.82, 2.24) is 18.5 Å². The summed E-state index contributed by atoms with van der Waals surface area (Å²) in [4.78, 5) is 20.8. The molecule has 0 saturated heterocycles. The van der Waals surface area contributed by atoms with E-state index >= 15 is 0 Å². The highest BCUT2D eigenvalue weighted by atomic mass is 32.2. The SMILES string of the molecule is CC(=O)OCc1nc2cnc3c(ccn3S(=O)(=O)c3ccccc3)c2n1C1CCC(N)CC1. The van der Waals surface area contributed by atoms with Crippen LogP contribution in [0.4, 0.5) is 0 Å². The molecule has 9 nitrogen and oxygen atoms in total. The van der Waals surface area contributed by atoms with Crippen LogP contribution < -0.4 is 5.73 Å². The van der Waals surface area contributed by atoms with Gasteiger partial charge in [0.2, 0.25) is 0 Å². The highest BCUT2D eigenvalue weighted by molar-refractivity contribution is 7.90. The van der Waals surface area contributed by atoms with Gasteiger partial charge in [0.15, 0.2) is 5.65 Å². The molecule has 5 rings (SSSR count). The summed E-state index contributed by atoms with van der Waals surface area (Å²) >= 11 is 0. The number of esters is 1. The van der Waals surface area contributed by atoms with E-state index in [9.17, 15) is 13.2 Å². The molecule has 3 aromatic heterocycles. The Morgan fingerprint density at radius 3 is 2.58 bits per heavy atom. The fourth-order valence-electron chi connectivity index (χ4n) is 4.62. The molecule has 1 aromatic carbocycles. The number of benzene rings is 1. The number of fused-ring (bicyclic) bond motifs is 3. The number of nitrogens with two attached hydrogens (primary N) is 1. The van der Waals surface area contributed by atoms with E-state index in [-0.39, 0.29) is 29.6 Å². The molecule has 10 heteroatoms. The van der Waals surface area contributed by atoms with Crippen molar-refractivity contribution in [2.75, 3.05) is 0 Å². The fraction of sp³-hybridized carbons (Fsp3) is 0.348. The number of hydrogen-bond acceptors (Lipinski definition) is 7. The van der Waals surface area contributed by atoms with Crippen LogP contribution in [-0.4, -0.2) is 38.9 Å². The molecule has 0 unspecified atom stereocenters. The van der Waals surface area contributed by atoms with E-state index in [4.69, 9.17) is 15.5 Å². The lowest BCUT2D eigenvalue weighted by Gasteiger charge is -2.29. The summed E-state index contributed by atoms with van der Waals surface area (Å²) in [6.45, 7) is 1.40. The molecule has 1 saturated carbocycles. The van der Waals surface area contributed by atoms with Gasteiger partial charge in [0.1, 0.15) is 17.9 Å². The zero-order valence-electron chi connectivity index (χ0n) is 18.2. The Bertz CT molecular complexity index is 1430. The molecule has 0 atom stereocenters. The Morgan fingerprint density at radius 2 is 1.88 bits per heavy atom. The molecule has 4 aromatic rings. The maximum absolute atomic E-state index is 13.3. The molecule has 172 valence electrons. The van der Waals surface area contributed by atoms with Crippen molar-refractivity contribution < 1.29 is 17.9 Å². The van der Waals surface area contributed by atoms with Crippen molar-refractivity contribution in [3.8, 4) is 0 Å². The lowest BCUT2D eigenvalue weighted by atomic mass is 9.91. The van der Waals surface area contributed by atoms with Gasteiger partial charge in [-0.25, -0.2) is 22.4 Å². The molecule has 0 amide bonds. The number of imidazole rings is 1. The van der Waals surface area contributed by atoms with Crippen molar-refractivity contribution in [2.24, 2.45) is 5.73 Å². The summed E-state index contributed by atoms with van der Waals surface area (Å²) in [5, 5.41) is 0.684. The van der Waals surface area contributed by atoms with E-state index in [1.54, 1.807) is 42.6 Å². The quantitative estimate of drug-likeness (QED) is 0.447. The largest absolute Gasteiger partial charge is 0.458 e. The van der Waals surface area contributed by atoms with Gasteiger partial charge in [-0.15, -0.1) is 0 Å². The highest BCUT2D eigenvalue weighted by Gasteiger charge is 2.27. The van der Waals surface area contributed by atoms with Crippen LogP contribution in [0.15, 0.2) is 53.7 Å². The van der Waals surface area contributed by atoms with Gasteiger partial charge >= 0.3 is 5.97 Å². The minimum absolute atomic E-state index is 0.0388. The van der Waals surface area contributed by atoms with Crippen molar-refractivity contribution in [1.29, 1.82) is 0 Å². The number of nitrogens with zero attached hydrogens (tertiary/aromatic N) is 4. The summed E-state index contributed by atoms with van der Waals surface area (Å²) < 4.78 is 35.1. The first kappa shape index (κ1) is 21.6. The first-order chi connectivity index (χ1) is 15.9. The topological polar surface area (TPSA) is 122 Å². The first-order valence-corrected chi connectivity index (χ1v) is 12.4. The van der Waals surface area contributed by atoms with E-state index < -0.39 is 10.0 Å². The van der Waals surface area contributed by atoms with Gasteiger partial charge in [0.05, 0.1) is 16.6 Å². The molecule has 33 heavy (non-hydrogen) atoms. The van der Waals surface area contributed by atoms with Crippen LogP contribution in [-0.2, 0) is 26.2 Å². The van der Waals surface area contributed by atoms with Gasteiger partial charge in [-0.05, 0) is 43.9 Å². The minimum atomic E-state index is -3.81. The van der Waals surface area contributed by atoms with Crippen LogP contribution in [0.2, 0.25) is 0 Å². The Balaban J connectivity index is 1.70. The molecule has 3 heterocycles. The van der Waals surface area contributed by atoms with Crippen LogP contribution in [0.5, 0.6) is 0 Å². The van der Waals surface area contributed by atoms with Crippen LogP contribution in [0.1, 0.15) is 44.5 Å². The lowest BCUT2D eigenvalue weighted by molar-refractivity contribution is -0.142. The second-order valence-electron chi connectivity index (χ2n) is 8.41. The molecule has 0 radical (unpaired) electrons. The van der Waals surface area contributed by atoms with Gasteiger partial charge in [0, 0.05) is 30.6 Å². The van der Waals surface area contributed by atoms with Crippen molar-refractivity contribution >= 4 is 38.1 Å². The van der Waals surface area contributed by atoms with Crippen molar-refractivity contribution in [2.45, 2.75) is 56.2 Å². The normalized spacial score (nSPS) is 19.2. The Hall–Kier alpha value is -3.24. The number of hydrogen-bond donors (Lipinski definition) is 1. The molecule has 0 aliphatic heterocycles. The van der Waals surface area contributed by atoms with Gasteiger partial charge in [0.25, 0.3) is 10.0 Å². The predicted molar refractivity (Wildman–Crippen MR) is 123 cm³/mol. The summed E-state index contributed by atoms with van der Waals surface area (Å²) in [6.07, 6.45) is 6.61. The molecule has 1 aliphatic rings. The van der Waals surface area contributed by atoms with Crippen LogP contribution in [0.25, 0.3) is 22.1 Å². The summed E-state index contributed by atoms with van der Waals surface area (Å²) in [5.41, 5.74) is 7.88. The third-order valence-electron chi connectivity index (χ3n) is 6.21. The van der Waals surface area contributed by atoms with Crippen LogP contribution in [0.3, 0.4) is 0 Å². The summed E-state index contributed by atoms with van der Waals surface area (Å²) in [7, 11) is -3.81. The van der Waals surface area contributed by atoms with E-state index in [0.717, 1.165) is 31.2 Å². The zero-order valence-corrected chi connectivity index (χ0v) is 19.0. The molecule has 2 N–H and O–H groups in total. The first-order valence-electron chi connectivity index (χ1n) is 10.9. The molecule has 0 bridgehead atoms. The van der Waals surface area contributed by atoms with E-state index in [1.807, 2.05) is 0 Å². The second kappa shape index (κ2) is 8.27. The van der Waals surface area contributed by atoms with Crippen molar-refractivity contribution in [3.05, 3.63) is 54.6 Å². The maximum atomic E-state index is 13.3. The number of carbonyl (C=O) groups is 1. The number of rotatable bonds is 5. The lowest BCUT2D eigenvalue weighted by Crippen LogP contribution is -2.28. The smallest absolute Gasteiger partial charge is 0.303 e. The minimum Gasteiger partial charge on any atom is -0.458 e. The monoisotopic (exact) mass is 467 g/mol. The number of ether oxygens (including phenoxy) is 1. The Labute approximate surface area is 191 Å². The fourth-order valence-corrected chi connectivity index (χ4v) is 5.94. The highest BCUT2D eigenvalue weighted by Crippen LogP contribution is 2.35. The Kier molecular flexibility index (Phi) is 5.41. The van der Waals surface area contributed by atoms with E-state index in [2.05, 4.69) is 9.55 Å². The van der Waals surface area contributed by atoms with E-state index in [0.29, 0.717) is 22.4 Å². The van der Waals surface area contributed by atoms with Crippen LogP contribution in [0, 0.1) is 0 Å². The molecule has 1 fully saturated rings. The number of aromatic nitrogens is 4. The average Bonchev–Trinajstić information content (AvgIpc) is 3.40. The zero-order chi connectivity index (χ0) is 23.2. The molecule has 1 aliphatic carbocycles. The average molecular weight is 468 g/mol. The number of pyridine rings is 1. The number of carbonyl (C=O) groups excluding carboxylic acids is 1. The van der Waals surface area contributed by atoms with Gasteiger partial charge in [-0.1, -0.05) is 18.2 Å². The third-order valence-corrected chi connectivity index (χ3v) is 7.89. The maximum Gasteiger partial charge on any atom is 0.303 e. The van der Waals surface area contributed by atoms with Gasteiger partial charge < -0.3 is 15.0 Å². The standard InChI is InChI=1S/C23H25N5O4S/c1-15(29)32-14-21-26-20-13-25-23-19(22(20)28(21)17-9-7-16(24)8-10-17)11-12-27(23)33(30,31)18-5-3-2-4-6-18/h2-6,11-13,16-17H,7-10,14,24H2,1H3. The Morgan fingerprint density at radius 1 is 1.15 bits per heavy atom. The third kappa shape index (κ3) is 3.79. The summed E-state index contributed by atoms with van der Waals surface area (Å²) in [6, 6.07) is 10.3. The van der Waals surface area contributed by atoms with Gasteiger partial charge in [-0.2, -0.15) is 0 Å².